The Morgan fingerprint density at radius 1 is 1.09 bits per heavy atom. The molecule has 0 aliphatic carbocycles. The van der Waals surface area contributed by atoms with Crippen LogP contribution < -0.4 is 5.11 Å². The predicted octanol–water partition coefficient (Wildman–Crippen LogP) is 1.83. The average molecular weight is 330 g/mol. The van der Waals surface area contributed by atoms with Gasteiger partial charge in [-0.15, -0.1) is 11.8 Å². The number of carboxylic acids is 1. The lowest BCUT2D eigenvalue weighted by Crippen LogP contribution is -2.49. The molecule has 1 aliphatic heterocycles. The monoisotopic (exact) mass is 330 g/mol. The zero-order valence-electron chi connectivity index (χ0n) is 12.0. The van der Waals surface area contributed by atoms with Gasteiger partial charge in [0.1, 0.15) is 11.2 Å². The summed E-state index contributed by atoms with van der Waals surface area (Å²) in [6, 6.07) is 13.2. The van der Waals surface area contributed by atoms with Crippen LogP contribution in [0.4, 0.5) is 4.39 Å². The van der Waals surface area contributed by atoms with E-state index in [0.717, 1.165) is 0 Å². The van der Waals surface area contributed by atoms with E-state index in [1.165, 1.54) is 28.8 Å². The number of thioether (sulfide) groups is 1. The first-order valence-corrected chi connectivity index (χ1v) is 8.08. The average Bonchev–Trinajstić information content (AvgIpc) is 3.01. The molecule has 1 amide bonds. The topological polar surface area (TPSA) is 60.4 Å². The number of carbonyl (C=O) groups excluding carboxylic acids is 2. The fourth-order valence-corrected chi connectivity index (χ4v) is 3.96. The Balaban J connectivity index is 1.97. The third-order valence-corrected chi connectivity index (χ3v) is 5.01. The van der Waals surface area contributed by atoms with Crippen LogP contribution in [-0.4, -0.2) is 28.6 Å². The summed E-state index contributed by atoms with van der Waals surface area (Å²) in [6.45, 7) is 0. The number of hydrogen-bond donors (Lipinski definition) is 0. The van der Waals surface area contributed by atoms with Gasteiger partial charge in [0.25, 0.3) is 5.91 Å². The number of nitrogens with zero attached hydrogens (tertiary/aromatic N) is 1. The van der Waals surface area contributed by atoms with Gasteiger partial charge in [0, 0.05) is 11.3 Å². The molecular weight excluding hydrogens is 317 g/mol. The highest BCUT2D eigenvalue weighted by Crippen LogP contribution is 2.42. The SMILES string of the molecule is O=C([O-])[C@H]1CS[C@H](c2ccc(F)cc2)N1C(=O)c1ccccc1. The van der Waals surface area contributed by atoms with Gasteiger partial charge in [-0.2, -0.15) is 0 Å². The minimum absolute atomic E-state index is 0.239. The Kier molecular flexibility index (Phi) is 4.34. The molecule has 2 atom stereocenters. The maximum absolute atomic E-state index is 13.1. The highest BCUT2D eigenvalue weighted by atomic mass is 32.2. The van der Waals surface area contributed by atoms with Crippen molar-refractivity contribution in [2.24, 2.45) is 0 Å². The molecule has 2 aromatic rings. The Morgan fingerprint density at radius 3 is 2.35 bits per heavy atom. The molecule has 1 aliphatic rings. The predicted molar refractivity (Wildman–Crippen MR) is 83.0 cm³/mol. The second-order valence-corrected chi connectivity index (χ2v) is 6.26. The summed E-state index contributed by atoms with van der Waals surface area (Å²) in [5.74, 6) is -1.80. The van der Waals surface area contributed by atoms with Crippen molar-refractivity contribution in [3.05, 3.63) is 71.5 Å². The maximum Gasteiger partial charge on any atom is 0.255 e. The molecule has 118 valence electrons. The molecule has 0 N–H and O–H groups in total. The minimum atomic E-state index is -1.29. The smallest absolute Gasteiger partial charge is 0.255 e. The number of carboxylic acid groups (broad SMARTS) is 1. The molecule has 6 heteroatoms. The van der Waals surface area contributed by atoms with E-state index in [2.05, 4.69) is 0 Å². The molecule has 0 unspecified atom stereocenters. The third kappa shape index (κ3) is 3.07. The lowest BCUT2D eigenvalue weighted by molar-refractivity contribution is -0.310. The van der Waals surface area contributed by atoms with Crippen molar-refractivity contribution in [2.45, 2.75) is 11.4 Å². The van der Waals surface area contributed by atoms with E-state index in [1.54, 1.807) is 42.5 Å². The lowest BCUT2D eigenvalue weighted by atomic mass is 10.1. The number of aliphatic carboxylic acids is 1. The third-order valence-electron chi connectivity index (χ3n) is 3.68. The number of rotatable bonds is 3. The van der Waals surface area contributed by atoms with Gasteiger partial charge in [-0.1, -0.05) is 30.3 Å². The van der Waals surface area contributed by atoms with Crippen LogP contribution in [0.25, 0.3) is 0 Å². The van der Waals surface area contributed by atoms with Crippen LogP contribution in [-0.2, 0) is 4.79 Å². The maximum atomic E-state index is 13.1. The number of benzene rings is 2. The van der Waals surface area contributed by atoms with Gasteiger partial charge >= 0.3 is 0 Å². The molecule has 0 saturated carbocycles. The molecule has 23 heavy (non-hydrogen) atoms. The van der Waals surface area contributed by atoms with Gasteiger partial charge in [0.2, 0.25) is 0 Å². The summed E-state index contributed by atoms with van der Waals surface area (Å²) in [7, 11) is 0. The van der Waals surface area contributed by atoms with Crippen LogP contribution in [0.2, 0.25) is 0 Å². The van der Waals surface area contributed by atoms with Gasteiger partial charge in [0.05, 0.1) is 12.0 Å². The van der Waals surface area contributed by atoms with Crippen molar-refractivity contribution in [1.29, 1.82) is 0 Å². The largest absolute Gasteiger partial charge is 0.548 e. The molecule has 0 aromatic heterocycles. The van der Waals surface area contributed by atoms with Crippen molar-refractivity contribution in [2.75, 3.05) is 5.75 Å². The zero-order valence-corrected chi connectivity index (χ0v) is 12.8. The number of amides is 1. The van der Waals surface area contributed by atoms with Crippen LogP contribution in [0.5, 0.6) is 0 Å². The Hall–Kier alpha value is -2.34. The summed E-state index contributed by atoms with van der Waals surface area (Å²) in [4.78, 5) is 25.5. The molecule has 4 nitrogen and oxygen atoms in total. The summed E-state index contributed by atoms with van der Waals surface area (Å²) in [5.41, 5.74) is 1.10. The van der Waals surface area contributed by atoms with Crippen molar-refractivity contribution in [3.8, 4) is 0 Å². The molecule has 0 radical (unpaired) electrons. The minimum Gasteiger partial charge on any atom is -0.548 e. The highest BCUT2D eigenvalue weighted by molar-refractivity contribution is 7.99. The van der Waals surface area contributed by atoms with E-state index in [4.69, 9.17) is 0 Å². The molecule has 1 fully saturated rings. The summed E-state index contributed by atoms with van der Waals surface area (Å²) < 4.78 is 13.1. The van der Waals surface area contributed by atoms with E-state index in [0.29, 0.717) is 11.1 Å². The Bertz CT molecular complexity index is 720. The second-order valence-electron chi connectivity index (χ2n) is 5.15. The first-order chi connectivity index (χ1) is 11.1. The first kappa shape index (κ1) is 15.6. The summed E-state index contributed by atoms with van der Waals surface area (Å²) in [5, 5.41) is 10.9. The lowest BCUT2D eigenvalue weighted by Gasteiger charge is -2.30. The van der Waals surface area contributed by atoms with Gasteiger partial charge < -0.3 is 14.8 Å². The molecule has 0 bridgehead atoms. The van der Waals surface area contributed by atoms with Crippen LogP contribution in [0.1, 0.15) is 21.3 Å². The molecule has 1 saturated heterocycles. The Morgan fingerprint density at radius 2 is 1.74 bits per heavy atom. The number of halogens is 1. The standard InChI is InChI=1S/C17H14FNO3S/c18-13-8-6-12(7-9-13)16-19(14(10-23-16)17(21)22)15(20)11-4-2-1-3-5-11/h1-9,14,16H,10H2,(H,21,22)/p-1/t14-,16-/m1/s1. The fourth-order valence-electron chi connectivity index (χ4n) is 2.55. The van der Waals surface area contributed by atoms with E-state index in [9.17, 15) is 19.1 Å². The van der Waals surface area contributed by atoms with Crippen molar-refractivity contribution < 1.29 is 19.1 Å². The summed E-state index contributed by atoms with van der Waals surface area (Å²) >= 11 is 1.33. The normalized spacial score (nSPS) is 20.5. The number of carbonyl (C=O) groups is 2. The number of hydrogen-bond acceptors (Lipinski definition) is 4. The second kappa shape index (κ2) is 6.42. The van der Waals surface area contributed by atoms with E-state index < -0.39 is 17.4 Å². The van der Waals surface area contributed by atoms with Crippen LogP contribution in [0.15, 0.2) is 54.6 Å². The van der Waals surface area contributed by atoms with Crippen molar-refractivity contribution in [3.63, 3.8) is 0 Å². The van der Waals surface area contributed by atoms with Gasteiger partial charge in [-0.25, -0.2) is 4.39 Å². The van der Waals surface area contributed by atoms with Crippen LogP contribution >= 0.6 is 11.8 Å². The first-order valence-electron chi connectivity index (χ1n) is 7.03. The fraction of sp³-hybridized carbons (Fsp3) is 0.176. The summed E-state index contributed by atoms with van der Waals surface area (Å²) in [6.07, 6.45) is 0. The van der Waals surface area contributed by atoms with E-state index in [1.807, 2.05) is 0 Å². The molecule has 2 aromatic carbocycles. The van der Waals surface area contributed by atoms with Crippen molar-refractivity contribution in [1.82, 2.24) is 4.90 Å². The van der Waals surface area contributed by atoms with Crippen LogP contribution in [0.3, 0.4) is 0 Å². The van der Waals surface area contributed by atoms with Gasteiger partial charge in [-0.3, -0.25) is 4.79 Å². The van der Waals surface area contributed by atoms with Gasteiger partial charge in [-0.05, 0) is 29.8 Å². The zero-order chi connectivity index (χ0) is 16.4. The van der Waals surface area contributed by atoms with E-state index in [-0.39, 0.29) is 17.5 Å². The van der Waals surface area contributed by atoms with Gasteiger partial charge in [0.15, 0.2) is 0 Å². The Labute approximate surface area is 136 Å². The molecule has 3 rings (SSSR count). The molecule has 0 spiro atoms. The van der Waals surface area contributed by atoms with E-state index >= 15 is 0 Å². The van der Waals surface area contributed by atoms with Crippen LogP contribution in [0, 0.1) is 5.82 Å². The quantitative estimate of drug-likeness (QED) is 0.861. The van der Waals surface area contributed by atoms with Crippen molar-refractivity contribution >= 4 is 23.6 Å². The molecule has 1 heterocycles. The highest BCUT2D eigenvalue weighted by Gasteiger charge is 2.39. The molecular formula is C17H13FNO3S-.